The summed E-state index contributed by atoms with van der Waals surface area (Å²) in [6, 6.07) is 4.58. The molecule has 5 rings (SSSR count). The van der Waals surface area contributed by atoms with Crippen LogP contribution in [0, 0.1) is 18.8 Å². The SMILES string of the molecule is Cc1c(C)n(CCN=O)c2ccc(C(=O)N3CCC4(CC3)CN(N)/C(=N\C(=O)C3NC(Cl)=C(N=NN)NC3N=NN)N4)cc12. The zero-order chi connectivity index (χ0) is 31.6. The summed E-state index contributed by atoms with van der Waals surface area (Å²) in [4.78, 5) is 43.4. The Morgan fingerprint density at radius 1 is 1.14 bits per heavy atom. The number of nitroso groups, excluding NO2 is 1. The summed E-state index contributed by atoms with van der Waals surface area (Å²) >= 11 is 6.17. The second kappa shape index (κ2) is 12.4. The zero-order valence-corrected chi connectivity index (χ0v) is 25.0. The molecule has 44 heavy (non-hydrogen) atoms. The van der Waals surface area contributed by atoms with E-state index in [1.54, 1.807) is 0 Å². The number of hydrogen-bond donors (Lipinski definition) is 6. The maximum Gasteiger partial charge on any atom is 0.275 e. The van der Waals surface area contributed by atoms with Crippen LogP contribution in [0.1, 0.15) is 34.5 Å². The Morgan fingerprint density at radius 2 is 1.89 bits per heavy atom. The molecule has 0 bridgehead atoms. The van der Waals surface area contributed by atoms with Gasteiger partial charge in [0.2, 0.25) is 5.96 Å². The molecule has 2 unspecified atom stereocenters. The van der Waals surface area contributed by atoms with E-state index in [1.165, 1.54) is 5.01 Å². The van der Waals surface area contributed by atoms with Crippen molar-refractivity contribution in [3.05, 3.63) is 50.9 Å². The van der Waals surface area contributed by atoms with E-state index in [1.807, 2.05) is 36.9 Å². The van der Waals surface area contributed by atoms with Crippen molar-refractivity contribution < 1.29 is 9.59 Å². The fourth-order valence-corrected chi connectivity index (χ4v) is 6.11. The van der Waals surface area contributed by atoms with Gasteiger partial charge in [0, 0.05) is 41.8 Å². The van der Waals surface area contributed by atoms with Crippen LogP contribution in [-0.4, -0.2) is 76.2 Å². The number of nitrogens with two attached hydrogens (primary N) is 3. The first-order chi connectivity index (χ1) is 21.1. The Kier molecular flexibility index (Phi) is 8.63. The summed E-state index contributed by atoms with van der Waals surface area (Å²) in [6.45, 7) is 6.03. The molecule has 1 spiro atoms. The van der Waals surface area contributed by atoms with E-state index in [4.69, 9.17) is 29.1 Å². The molecule has 2 atom stereocenters. The van der Waals surface area contributed by atoms with Crippen LogP contribution in [0.2, 0.25) is 0 Å². The lowest BCUT2D eigenvalue weighted by Crippen LogP contribution is -2.55. The lowest BCUT2D eigenvalue weighted by molar-refractivity contribution is -0.120. The number of halogens is 1. The average molecular weight is 628 g/mol. The number of aryl methyl sites for hydroxylation is 1. The van der Waals surface area contributed by atoms with E-state index < -0.39 is 23.7 Å². The normalized spacial score (nSPS) is 22.7. The van der Waals surface area contributed by atoms with Gasteiger partial charge in [0.05, 0.1) is 18.6 Å². The number of carbonyl (C=O) groups is 2. The van der Waals surface area contributed by atoms with E-state index >= 15 is 0 Å². The molecule has 234 valence electrons. The molecule has 4 heterocycles. The first-order valence-corrected chi connectivity index (χ1v) is 14.2. The van der Waals surface area contributed by atoms with Crippen molar-refractivity contribution in [2.24, 2.45) is 48.4 Å². The summed E-state index contributed by atoms with van der Waals surface area (Å²) < 4.78 is 2.05. The Labute approximate surface area is 256 Å². The van der Waals surface area contributed by atoms with E-state index in [9.17, 15) is 14.5 Å². The van der Waals surface area contributed by atoms with Crippen molar-refractivity contribution in [1.29, 1.82) is 0 Å². The molecular formula is C25H34ClN15O3. The average Bonchev–Trinajstić information content (AvgIpc) is 3.44. The minimum absolute atomic E-state index is 0.0177. The number of hydrazine groups is 1. The highest BCUT2D eigenvalue weighted by atomic mass is 35.5. The molecule has 3 aliphatic heterocycles. The smallest absolute Gasteiger partial charge is 0.275 e. The first kappa shape index (κ1) is 30.6. The minimum Gasteiger partial charge on any atom is -0.358 e. The number of nitrogens with one attached hydrogen (secondary N) is 3. The number of rotatable bonds is 7. The van der Waals surface area contributed by atoms with Crippen molar-refractivity contribution in [2.45, 2.75) is 51.0 Å². The molecule has 2 aromatic rings. The highest BCUT2D eigenvalue weighted by molar-refractivity contribution is 6.29. The lowest BCUT2D eigenvalue weighted by Gasteiger charge is -2.38. The number of aromatic nitrogens is 1. The van der Waals surface area contributed by atoms with Gasteiger partial charge in [-0.25, -0.2) is 5.84 Å². The Hall–Kier alpha value is -4.84. The van der Waals surface area contributed by atoms with Gasteiger partial charge < -0.3 is 37.1 Å². The van der Waals surface area contributed by atoms with Crippen LogP contribution in [0.15, 0.2) is 60.0 Å². The zero-order valence-electron chi connectivity index (χ0n) is 24.2. The summed E-state index contributed by atoms with van der Waals surface area (Å²) in [5.74, 6) is 16.1. The number of amides is 2. The van der Waals surface area contributed by atoms with Gasteiger partial charge in [0.25, 0.3) is 11.8 Å². The van der Waals surface area contributed by atoms with Gasteiger partial charge in [0.15, 0.2) is 18.0 Å². The molecule has 2 amide bonds. The maximum atomic E-state index is 13.5. The molecule has 2 saturated heterocycles. The van der Waals surface area contributed by atoms with Crippen molar-refractivity contribution >= 4 is 40.3 Å². The number of fused-ring (bicyclic) bond motifs is 1. The lowest BCUT2D eigenvalue weighted by atomic mass is 9.88. The van der Waals surface area contributed by atoms with E-state index in [2.05, 4.69) is 51.4 Å². The van der Waals surface area contributed by atoms with Crippen molar-refractivity contribution in [3.63, 3.8) is 0 Å². The number of piperidine rings is 1. The van der Waals surface area contributed by atoms with Crippen molar-refractivity contribution in [1.82, 2.24) is 30.4 Å². The van der Waals surface area contributed by atoms with Crippen LogP contribution < -0.4 is 33.5 Å². The third kappa shape index (κ3) is 5.72. The van der Waals surface area contributed by atoms with Crippen LogP contribution >= 0.6 is 11.6 Å². The van der Waals surface area contributed by atoms with Crippen LogP contribution in [0.25, 0.3) is 10.9 Å². The summed E-state index contributed by atoms with van der Waals surface area (Å²) in [5, 5.41) is 28.0. The fourth-order valence-electron chi connectivity index (χ4n) is 5.90. The molecule has 3 aliphatic rings. The van der Waals surface area contributed by atoms with E-state index in [0.29, 0.717) is 44.6 Å². The van der Waals surface area contributed by atoms with Gasteiger partial charge in [-0.15, -0.1) is 10.2 Å². The largest absolute Gasteiger partial charge is 0.358 e. The van der Waals surface area contributed by atoms with E-state index in [0.717, 1.165) is 22.2 Å². The molecule has 1 aromatic carbocycles. The summed E-state index contributed by atoms with van der Waals surface area (Å²) in [6.07, 6.45) is 0.184. The second-order valence-electron chi connectivity index (χ2n) is 10.9. The van der Waals surface area contributed by atoms with Gasteiger partial charge in [-0.2, -0.15) is 9.90 Å². The number of guanidine groups is 1. The van der Waals surface area contributed by atoms with E-state index in [-0.39, 0.29) is 29.4 Å². The molecular weight excluding hydrogens is 594 g/mol. The monoisotopic (exact) mass is 627 g/mol. The van der Waals surface area contributed by atoms with Crippen LogP contribution in [0.3, 0.4) is 0 Å². The molecule has 9 N–H and O–H groups in total. The topological polar surface area (TPSA) is 251 Å². The quantitative estimate of drug-likeness (QED) is 0.0817. The van der Waals surface area contributed by atoms with Crippen molar-refractivity contribution in [3.8, 4) is 0 Å². The predicted molar refractivity (Wildman–Crippen MR) is 161 cm³/mol. The molecule has 0 radical (unpaired) electrons. The highest BCUT2D eigenvalue weighted by Gasteiger charge is 2.44. The second-order valence-corrected chi connectivity index (χ2v) is 11.2. The number of benzene rings is 1. The standard InChI is InChI=1S/C25H34ClN15O3/c1-13-14(2)40(10-7-30-44)17-4-3-15(11-16(13)17)23(43)39-8-5-25(6-9-39)12-41(29)24(34-25)33-22(42)18-20(35-37-27)32-21(36-38-28)19(26)31-18/h3-4,11,18,20,31-32H,5-10,12,29H2,1-2H3,(H2,27,35)(H2,28,36)(H,33,34,42). The number of carbonyl (C=O) groups excluding carboxylic acids is 2. The van der Waals surface area contributed by atoms with Gasteiger partial charge in [-0.05, 0) is 50.5 Å². The third-order valence-electron chi connectivity index (χ3n) is 8.35. The number of nitrogens with zero attached hydrogens (tertiary/aromatic N) is 9. The molecule has 19 heteroatoms. The Morgan fingerprint density at radius 3 is 2.57 bits per heavy atom. The van der Waals surface area contributed by atoms with Crippen LogP contribution in [-0.2, 0) is 11.3 Å². The maximum absolute atomic E-state index is 13.5. The summed E-state index contributed by atoms with van der Waals surface area (Å²) in [5.41, 5.74) is 3.19. The molecule has 0 saturated carbocycles. The number of hydrogen-bond acceptors (Lipinski definition) is 11. The highest BCUT2D eigenvalue weighted by Crippen LogP contribution is 2.30. The predicted octanol–water partition coefficient (Wildman–Crippen LogP) is 0.566. The van der Waals surface area contributed by atoms with Crippen LogP contribution in [0.5, 0.6) is 0 Å². The number of aliphatic imine (C=N–C) groups is 1. The molecule has 2 fully saturated rings. The minimum atomic E-state index is -1.08. The van der Waals surface area contributed by atoms with Gasteiger partial charge >= 0.3 is 0 Å². The van der Waals surface area contributed by atoms with Gasteiger partial charge in [-0.3, -0.25) is 14.6 Å². The fraction of sp³-hybridized carbons (Fsp3) is 0.480. The Balaban J connectivity index is 1.26. The molecule has 18 nitrogen and oxygen atoms in total. The van der Waals surface area contributed by atoms with Crippen molar-refractivity contribution in [2.75, 3.05) is 26.2 Å². The summed E-state index contributed by atoms with van der Waals surface area (Å²) in [7, 11) is 0. The number of likely N-dealkylation sites (tertiary alicyclic amines) is 1. The Bertz CT molecular complexity index is 1590. The van der Waals surface area contributed by atoms with Gasteiger partial charge in [0.1, 0.15) is 5.16 Å². The van der Waals surface area contributed by atoms with Crippen LogP contribution in [0.4, 0.5) is 0 Å². The molecule has 1 aromatic heterocycles. The first-order valence-electron chi connectivity index (χ1n) is 13.9. The van der Waals surface area contributed by atoms with Gasteiger partial charge in [-0.1, -0.05) is 27.2 Å². The molecule has 0 aliphatic carbocycles. The third-order valence-corrected chi connectivity index (χ3v) is 8.64.